The highest BCUT2D eigenvalue weighted by atomic mass is 35.5. The molecule has 0 spiro atoms. The van der Waals surface area contributed by atoms with Crippen LogP contribution in [0, 0.1) is 5.82 Å². The van der Waals surface area contributed by atoms with Crippen molar-refractivity contribution < 1.29 is 13.9 Å². The second kappa shape index (κ2) is 10.7. The van der Waals surface area contributed by atoms with Gasteiger partial charge in [0.25, 0.3) is 5.56 Å². The molecule has 0 bridgehead atoms. The normalized spacial score (nSPS) is 19.3. The van der Waals surface area contributed by atoms with E-state index in [2.05, 4.69) is 15.2 Å². The van der Waals surface area contributed by atoms with Gasteiger partial charge in [0.2, 0.25) is 0 Å². The smallest absolute Gasteiger partial charge is 0.251 e. The molecule has 0 amide bonds. The molecular formula is C25H29Cl2FN4O3. The number of hydrogen-bond donors (Lipinski definition) is 1. The van der Waals surface area contributed by atoms with E-state index < -0.39 is 0 Å². The lowest BCUT2D eigenvalue weighted by Gasteiger charge is -2.34. The number of ether oxygens (including phenoxy) is 2. The van der Waals surface area contributed by atoms with E-state index in [1.165, 1.54) is 6.07 Å². The number of fused-ring (bicyclic) bond motifs is 1. The van der Waals surface area contributed by atoms with Crippen LogP contribution < -0.4 is 20.3 Å². The quantitative estimate of drug-likeness (QED) is 0.553. The summed E-state index contributed by atoms with van der Waals surface area (Å²) in [4.78, 5) is 19.2. The number of aromatic nitrogens is 2. The average molecular weight is 523 g/mol. The lowest BCUT2D eigenvalue weighted by atomic mass is 9.97. The number of nitrogens with zero attached hydrogens (tertiary/aromatic N) is 3. The number of rotatable bonds is 5. The van der Waals surface area contributed by atoms with Gasteiger partial charge in [0.05, 0.1) is 17.4 Å². The van der Waals surface area contributed by atoms with E-state index >= 15 is 0 Å². The highest BCUT2D eigenvalue weighted by Gasteiger charge is 2.31. The third kappa shape index (κ3) is 4.98. The predicted molar refractivity (Wildman–Crippen MR) is 137 cm³/mol. The van der Waals surface area contributed by atoms with Crippen molar-refractivity contribution >= 4 is 35.7 Å². The van der Waals surface area contributed by atoms with Gasteiger partial charge in [-0.2, -0.15) is 0 Å². The fraction of sp³-hybridized carbons (Fsp3) is 0.440. The molecule has 0 aliphatic carbocycles. The van der Waals surface area contributed by atoms with Crippen molar-refractivity contribution in [2.24, 2.45) is 0 Å². The highest BCUT2D eigenvalue weighted by molar-refractivity contribution is 5.86. The maximum atomic E-state index is 14.8. The molecule has 0 radical (unpaired) electrons. The molecule has 35 heavy (non-hydrogen) atoms. The molecule has 7 nitrogen and oxygen atoms in total. The molecule has 1 saturated heterocycles. The number of hydrogen-bond acceptors (Lipinski definition) is 6. The van der Waals surface area contributed by atoms with Crippen LogP contribution >= 0.6 is 24.8 Å². The molecule has 1 atom stereocenters. The van der Waals surface area contributed by atoms with Gasteiger partial charge in [-0.1, -0.05) is 0 Å². The number of likely N-dealkylation sites (tertiary alicyclic amines) is 1. The largest absolute Gasteiger partial charge is 0.486 e. The van der Waals surface area contributed by atoms with Crippen LogP contribution in [0.15, 0.2) is 41.3 Å². The number of nitrogens with one attached hydrogen (secondary N) is 1. The van der Waals surface area contributed by atoms with Gasteiger partial charge in [-0.05, 0) is 49.5 Å². The van der Waals surface area contributed by atoms with Gasteiger partial charge in [-0.3, -0.25) is 9.78 Å². The van der Waals surface area contributed by atoms with Crippen molar-refractivity contribution in [2.45, 2.75) is 37.9 Å². The van der Waals surface area contributed by atoms with E-state index in [0.717, 1.165) is 54.8 Å². The SMILES string of the molecule is Cl.Cl.O=c1ccc2ccc(F)c3c2n1CC3CN1CCC(NCc2cc3c(cn2)OCCO3)CC1. The standard InChI is InChI=1S/C25H27FN4O3.2ClH/c26-20-3-1-16-2-4-23(31)30-15-17(24(20)25(16)30)14-29-7-5-18(6-8-29)27-12-19-11-21-22(13-28-19)33-10-9-32-21;;/h1-4,11,13,17-18,27H,5-10,12,14-15H2;2*1H. The summed E-state index contributed by atoms with van der Waals surface area (Å²) in [7, 11) is 0. The highest BCUT2D eigenvalue weighted by Crippen LogP contribution is 2.35. The van der Waals surface area contributed by atoms with Crippen LogP contribution in [0.25, 0.3) is 10.9 Å². The zero-order valence-electron chi connectivity index (χ0n) is 19.2. The number of halogens is 3. The summed E-state index contributed by atoms with van der Waals surface area (Å²) in [5.74, 6) is 1.28. The zero-order valence-corrected chi connectivity index (χ0v) is 20.9. The third-order valence-corrected chi connectivity index (χ3v) is 7.07. The Morgan fingerprint density at radius 2 is 1.80 bits per heavy atom. The Kier molecular flexibility index (Phi) is 7.86. The molecule has 1 fully saturated rings. The fourth-order valence-corrected chi connectivity index (χ4v) is 5.39. The summed E-state index contributed by atoms with van der Waals surface area (Å²) in [6.45, 7) is 5.05. The first-order valence-electron chi connectivity index (χ1n) is 11.7. The minimum atomic E-state index is -0.201. The molecule has 1 N–H and O–H groups in total. The first-order chi connectivity index (χ1) is 16.2. The van der Waals surface area contributed by atoms with Crippen LogP contribution in [-0.4, -0.2) is 53.3 Å². The average Bonchev–Trinajstić information content (AvgIpc) is 3.23. The van der Waals surface area contributed by atoms with Gasteiger partial charge < -0.3 is 24.3 Å². The lowest BCUT2D eigenvalue weighted by Crippen LogP contribution is -2.43. The van der Waals surface area contributed by atoms with E-state index in [9.17, 15) is 9.18 Å². The van der Waals surface area contributed by atoms with Crippen LogP contribution in [-0.2, 0) is 13.1 Å². The van der Waals surface area contributed by atoms with Crippen molar-refractivity contribution in [1.29, 1.82) is 0 Å². The summed E-state index contributed by atoms with van der Waals surface area (Å²) >= 11 is 0. The molecule has 1 aromatic carbocycles. The van der Waals surface area contributed by atoms with Crippen LogP contribution in [0.4, 0.5) is 4.39 Å². The Morgan fingerprint density at radius 1 is 1.06 bits per heavy atom. The molecule has 188 valence electrons. The second-order valence-electron chi connectivity index (χ2n) is 9.15. The molecule has 10 heteroatoms. The topological polar surface area (TPSA) is 68.6 Å². The Labute approximate surface area is 215 Å². The lowest BCUT2D eigenvalue weighted by molar-refractivity contribution is 0.170. The minimum Gasteiger partial charge on any atom is -0.486 e. The summed E-state index contributed by atoms with van der Waals surface area (Å²) < 4.78 is 27.7. The maximum absolute atomic E-state index is 14.8. The van der Waals surface area contributed by atoms with Gasteiger partial charge in [-0.15, -0.1) is 24.8 Å². The first-order valence-corrected chi connectivity index (χ1v) is 11.7. The Bertz CT molecular complexity index is 1260. The van der Waals surface area contributed by atoms with E-state index in [1.54, 1.807) is 29.0 Å². The molecule has 0 saturated carbocycles. The molecule has 3 aliphatic heterocycles. The molecule has 3 aromatic rings. The monoisotopic (exact) mass is 522 g/mol. The van der Waals surface area contributed by atoms with Gasteiger partial charge in [0.1, 0.15) is 19.0 Å². The zero-order chi connectivity index (χ0) is 22.4. The van der Waals surface area contributed by atoms with Crippen LogP contribution in [0.1, 0.15) is 30.0 Å². The Hall–Kier alpha value is -2.39. The Balaban J connectivity index is 0.00000144. The van der Waals surface area contributed by atoms with Crippen LogP contribution in [0.2, 0.25) is 0 Å². The molecular weight excluding hydrogens is 494 g/mol. The molecule has 3 aliphatic rings. The summed E-state index contributed by atoms with van der Waals surface area (Å²) in [5, 5.41) is 4.55. The molecule has 2 aromatic heterocycles. The first kappa shape index (κ1) is 25.7. The predicted octanol–water partition coefficient (Wildman–Crippen LogP) is 3.50. The van der Waals surface area contributed by atoms with Gasteiger partial charge in [0.15, 0.2) is 11.5 Å². The van der Waals surface area contributed by atoms with E-state index in [-0.39, 0.29) is 42.1 Å². The summed E-state index contributed by atoms with van der Waals surface area (Å²) in [6, 6.07) is 9.05. The molecule has 5 heterocycles. The number of piperidine rings is 1. The summed E-state index contributed by atoms with van der Waals surface area (Å²) in [6.07, 6.45) is 3.78. The van der Waals surface area contributed by atoms with Crippen molar-refractivity contribution in [3.63, 3.8) is 0 Å². The maximum Gasteiger partial charge on any atom is 0.251 e. The fourth-order valence-electron chi connectivity index (χ4n) is 5.39. The van der Waals surface area contributed by atoms with Gasteiger partial charge in [-0.25, -0.2) is 4.39 Å². The minimum absolute atomic E-state index is 0. The molecule has 1 unspecified atom stereocenters. The summed E-state index contributed by atoms with van der Waals surface area (Å²) in [5.41, 5.74) is 2.37. The third-order valence-electron chi connectivity index (χ3n) is 7.07. The van der Waals surface area contributed by atoms with Gasteiger partial charge >= 0.3 is 0 Å². The Morgan fingerprint density at radius 3 is 2.60 bits per heavy atom. The van der Waals surface area contributed by atoms with Crippen molar-refractivity contribution in [2.75, 3.05) is 32.8 Å². The van der Waals surface area contributed by atoms with Crippen LogP contribution in [0.5, 0.6) is 11.5 Å². The molecule has 6 rings (SSSR count). The van der Waals surface area contributed by atoms with Crippen molar-refractivity contribution in [3.05, 3.63) is 64.0 Å². The van der Waals surface area contributed by atoms with E-state index in [4.69, 9.17) is 9.47 Å². The van der Waals surface area contributed by atoms with E-state index in [0.29, 0.717) is 43.7 Å². The van der Waals surface area contributed by atoms with E-state index in [1.807, 2.05) is 6.07 Å². The van der Waals surface area contributed by atoms with Crippen molar-refractivity contribution in [1.82, 2.24) is 19.8 Å². The van der Waals surface area contributed by atoms with Crippen molar-refractivity contribution in [3.8, 4) is 11.5 Å². The number of pyridine rings is 2. The van der Waals surface area contributed by atoms with Crippen LogP contribution in [0.3, 0.4) is 0 Å². The van der Waals surface area contributed by atoms with Gasteiger partial charge in [0, 0.05) is 49.3 Å². The second-order valence-corrected chi connectivity index (χ2v) is 9.15. The number of benzene rings is 1.